The van der Waals surface area contributed by atoms with Crippen molar-refractivity contribution in [3.63, 3.8) is 0 Å². The molecule has 1 aromatic rings. The van der Waals surface area contributed by atoms with Crippen LogP contribution >= 0.6 is 0 Å². The van der Waals surface area contributed by atoms with Crippen molar-refractivity contribution < 1.29 is 9.59 Å². The van der Waals surface area contributed by atoms with Gasteiger partial charge in [-0.05, 0) is 5.92 Å². The molecule has 8 nitrogen and oxygen atoms in total. The molecule has 0 aliphatic carbocycles. The molecule has 2 atom stereocenters. The molecule has 0 spiro atoms. The van der Waals surface area contributed by atoms with Crippen molar-refractivity contribution in [2.75, 3.05) is 7.05 Å². The van der Waals surface area contributed by atoms with Crippen LogP contribution in [0.15, 0.2) is 6.33 Å². The summed E-state index contributed by atoms with van der Waals surface area (Å²) in [4.78, 5) is 28.7. The zero-order valence-corrected chi connectivity index (χ0v) is 11.4. The number of nitrogens with two attached hydrogens (primary N) is 1. The summed E-state index contributed by atoms with van der Waals surface area (Å²) in [7, 11) is 1.64. The highest BCUT2D eigenvalue weighted by Gasteiger charge is 2.28. The molecule has 8 heteroatoms. The molecule has 0 saturated carbocycles. The quantitative estimate of drug-likeness (QED) is 0.664. The van der Waals surface area contributed by atoms with Gasteiger partial charge in [0.05, 0.1) is 6.54 Å². The number of primary amides is 1. The number of nitrogens with one attached hydrogen (secondary N) is 2. The van der Waals surface area contributed by atoms with Gasteiger partial charge in [0, 0.05) is 7.05 Å². The number of hydrogen-bond acceptors (Lipinski definition) is 4. The molecule has 106 valence electrons. The Morgan fingerprint density at radius 2 is 2.26 bits per heavy atom. The maximum Gasteiger partial charge on any atom is 0.312 e. The third kappa shape index (κ3) is 4.23. The maximum absolute atomic E-state index is 12.3. The molecule has 0 aliphatic rings. The van der Waals surface area contributed by atoms with Gasteiger partial charge in [-0.3, -0.25) is 9.89 Å². The predicted octanol–water partition coefficient (Wildman–Crippen LogP) is -0.154. The van der Waals surface area contributed by atoms with E-state index in [1.54, 1.807) is 7.05 Å². The molecule has 0 bridgehead atoms. The lowest BCUT2D eigenvalue weighted by molar-refractivity contribution is -0.133. The Morgan fingerprint density at radius 1 is 1.58 bits per heavy atom. The van der Waals surface area contributed by atoms with Crippen molar-refractivity contribution in [1.29, 1.82) is 0 Å². The number of urea groups is 1. The van der Waals surface area contributed by atoms with Crippen molar-refractivity contribution >= 4 is 11.9 Å². The molecule has 0 radical (unpaired) electrons. The molecule has 2 unspecified atom stereocenters. The average molecular weight is 268 g/mol. The lowest BCUT2D eigenvalue weighted by Crippen LogP contribution is -2.52. The molecule has 0 aliphatic heterocycles. The first kappa shape index (κ1) is 14.9. The number of likely N-dealkylation sites (N-methyl/N-ethyl adjacent to an activating group) is 1. The van der Waals surface area contributed by atoms with Crippen molar-refractivity contribution in [2.45, 2.75) is 32.9 Å². The fourth-order valence-corrected chi connectivity index (χ4v) is 1.68. The first-order chi connectivity index (χ1) is 8.95. The Morgan fingerprint density at radius 3 is 2.74 bits per heavy atom. The minimum absolute atomic E-state index is 0.00261. The third-order valence-corrected chi connectivity index (χ3v) is 3.00. The van der Waals surface area contributed by atoms with Gasteiger partial charge in [-0.1, -0.05) is 20.3 Å². The van der Waals surface area contributed by atoms with E-state index >= 15 is 0 Å². The third-order valence-electron chi connectivity index (χ3n) is 3.00. The second-order valence-corrected chi connectivity index (χ2v) is 4.50. The van der Waals surface area contributed by atoms with Gasteiger partial charge in [0.25, 0.3) is 0 Å². The summed E-state index contributed by atoms with van der Waals surface area (Å²) >= 11 is 0. The lowest BCUT2D eigenvalue weighted by Gasteiger charge is -2.27. The summed E-state index contributed by atoms with van der Waals surface area (Å²) in [5, 5.41) is 8.89. The Bertz CT molecular complexity index is 419. The SMILES string of the molecule is CCC(C)C(NC(N)=O)C(=O)N(C)Cc1ncn[nH]1. The molecular formula is C11H20N6O2. The number of carbonyl (C=O) groups excluding carboxylic acids is 2. The van der Waals surface area contributed by atoms with Crippen LogP contribution in [0.25, 0.3) is 0 Å². The van der Waals surface area contributed by atoms with Crippen molar-refractivity contribution in [3.8, 4) is 0 Å². The minimum atomic E-state index is -0.702. The number of aromatic amines is 1. The van der Waals surface area contributed by atoms with Crippen molar-refractivity contribution in [3.05, 3.63) is 12.2 Å². The zero-order valence-electron chi connectivity index (χ0n) is 11.4. The Hall–Kier alpha value is -2.12. The number of rotatable bonds is 6. The molecule has 0 saturated heterocycles. The summed E-state index contributed by atoms with van der Waals surface area (Å²) in [6.07, 6.45) is 2.13. The zero-order chi connectivity index (χ0) is 14.4. The van der Waals surface area contributed by atoms with E-state index in [2.05, 4.69) is 20.5 Å². The van der Waals surface area contributed by atoms with Crippen molar-refractivity contribution in [2.24, 2.45) is 11.7 Å². The molecule has 0 fully saturated rings. The van der Waals surface area contributed by atoms with Crippen LogP contribution in [0.1, 0.15) is 26.1 Å². The van der Waals surface area contributed by atoms with E-state index in [4.69, 9.17) is 5.73 Å². The second-order valence-electron chi connectivity index (χ2n) is 4.50. The van der Waals surface area contributed by atoms with Crippen LogP contribution < -0.4 is 11.1 Å². The van der Waals surface area contributed by atoms with Gasteiger partial charge in [-0.15, -0.1) is 0 Å². The van der Waals surface area contributed by atoms with Crippen LogP contribution in [0.3, 0.4) is 0 Å². The monoisotopic (exact) mass is 268 g/mol. The minimum Gasteiger partial charge on any atom is -0.352 e. The highest BCUT2D eigenvalue weighted by Crippen LogP contribution is 2.11. The summed E-state index contributed by atoms with van der Waals surface area (Å²) in [6.45, 7) is 4.14. The summed E-state index contributed by atoms with van der Waals surface area (Å²) in [6, 6.07) is -1.33. The number of carbonyl (C=O) groups is 2. The van der Waals surface area contributed by atoms with Gasteiger partial charge in [-0.25, -0.2) is 9.78 Å². The fraction of sp³-hybridized carbons (Fsp3) is 0.636. The van der Waals surface area contributed by atoms with E-state index in [1.165, 1.54) is 11.2 Å². The van der Waals surface area contributed by atoms with E-state index in [9.17, 15) is 9.59 Å². The first-order valence-electron chi connectivity index (χ1n) is 6.10. The van der Waals surface area contributed by atoms with Crippen LogP contribution in [0.2, 0.25) is 0 Å². The number of hydrogen-bond donors (Lipinski definition) is 3. The largest absolute Gasteiger partial charge is 0.352 e. The Balaban J connectivity index is 2.71. The molecular weight excluding hydrogens is 248 g/mol. The number of aromatic nitrogens is 3. The van der Waals surface area contributed by atoms with E-state index in [1.807, 2.05) is 13.8 Å². The number of H-pyrrole nitrogens is 1. The second kappa shape index (κ2) is 6.72. The van der Waals surface area contributed by atoms with Gasteiger partial charge < -0.3 is 16.0 Å². The molecule has 1 rings (SSSR count). The van der Waals surface area contributed by atoms with E-state index in [-0.39, 0.29) is 11.8 Å². The number of nitrogens with zero attached hydrogens (tertiary/aromatic N) is 3. The molecule has 4 N–H and O–H groups in total. The molecule has 0 aromatic carbocycles. The standard InChI is InChI=1S/C11H20N6O2/c1-4-7(2)9(15-11(12)19)10(18)17(3)5-8-13-6-14-16-8/h6-7,9H,4-5H2,1-3H3,(H3,12,15,19)(H,13,14,16). The van der Waals surface area contributed by atoms with Crippen LogP contribution in [-0.2, 0) is 11.3 Å². The number of amides is 3. The summed E-state index contributed by atoms with van der Waals surface area (Å²) in [5.74, 6) is 0.375. The van der Waals surface area contributed by atoms with Gasteiger partial charge in [-0.2, -0.15) is 5.10 Å². The van der Waals surface area contributed by atoms with Crippen LogP contribution in [-0.4, -0.2) is 45.1 Å². The Labute approximate surface area is 111 Å². The van der Waals surface area contributed by atoms with Crippen LogP contribution in [0, 0.1) is 5.92 Å². The van der Waals surface area contributed by atoms with Gasteiger partial charge in [0.15, 0.2) is 0 Å². The van der Waals surface area contributed by atoms with E-state index < -0.39 is 12.1 Å². The van der Waals surface area contributed by atoms with Crippen molar-refractivity contribution in [1.82, 2.24) is 25.4 Å². The summed E-state index contributed by atoms with van der Waals surface area (Å²) in [5.41, 5.74) is 5.11. The van der Waals surface area contributed by atoms with Crippen LogP contribution in [0.4, 0.5) is 4.79 Å². The van der Waals surface area contributed by atoms with Gasteiger partial charge in [0.2, 0.25) is 5.91 Å². The fourth-order valence-electron chi connectivity index (χ4n) is 1.68. The predicted molar refractivity (Wildman–Crippen MR) is 68.8 cm³/mol. The average Bonchev–Trinajstić information content (AvgIpc) is 2.86. The smallest absolute Gasteiger partial charge is 0.312 e. The highest BCUT2D eigenvalue weighted by atomic mass is 16.2. The van der Waals surface area contributed by atoms with Crippen LogP contribution in [0.5, 0.6) is 0 Å². The van der Waals surface area contributed by atoms with Gasteiger partial charge >= 0.3 is 6.03 Å². The first-order valence-corrected chi connectivity index (χ1v) is 6.10. The normalized spacial score (nSPS) is 13.6. The van der Waals surface area contributed by atoms with E-state index in [0.717, 1.165) is 6.42 Å². The highest BCUT2D eigenvalue weighted by molar-refractivity contribution is 5.86. The maximum atomic E-state index is 12.3. The molecule has 19 heavy (non-hydrogen) atoms. The Kier molecular flexibility index (Phi) is 5.28. The molecule has 1 heterocycles. The topological polar surface area (TPSA) is 117 Å². The molecule has 1 aromatic heterocycles. The molecule has 3 amide bonds. The van der Waals surface area contributed by atoms with E-state index in [0.29, 0.717) is 12.4 Å². The van der Waals surface area contributed by atoms with Gasteiger partial charge in [0.1, 0.15) is 18.2 Å². The lowest BCUT2D eigenvalue weighted by atomic mass is 9.98. The summed E-state index contributed by atoms with van der Waals surface area (Å²) < 4.78 is 0.